The molecule has 3 rings (SSSR count). The van der Waals surface area contributed by atoms with Crippen molar-refractivity contribution in [3.63, 3.8) is 0 Å². The van der Waals surface area contributed by atoms with Crippen molar-refractivity contribution in [3.8, 4) is 0 Å². The first-order valence-corrected chi connectivity index (χ1v) is 8.95. The minimum absolute atomic E-state index is 0.209. The van der Waals surface area contributed by atoms with Crippen molar-refractivity contribution >= 4 is 16.3 Å². The molecule has 9 nitrogen and oxygen atoms in total. The molecule has 0 radical (unpaired) electrons. The van der Waals surface area contributed by atoms with Crippen molar-refractivity contribution < 1.29 is 36.3 Å². The molecule has 0 spiro atoms. The van der Waals surface area contributed by atoms with Gasteiger partial charge in [-0.05, 0) is 20.8 Å². The molecule has 132 valence electrons. The normalized spacial score (nSPS) is 41.6. The Morgan fingerprint density at radius 2 is 2.04 bits per heavy atom. The summed E-state index contributed by atoms with van der Waals surface area (Å²) in [7, 11) is -4.21. The molecule has 2 aliphatic heterocycles. The van der Waals surface area contributed by atoms with Gasteiger partial charge in [0.15, 0.2) is 5.79 Å². The fourth-order valence-corrected chi connectivity index (χ4v) is 3.85. The van der Waals surface area contributed by atoms with Crippen LogP contribution in [0.1, 0.15) is 20.8 Å². The smallest absolute Gasteiger partial charge is 0.333 e. The second-order valence-electron chi connectivity index (χ2n) is 6.34. The highest BCUT2D eigenvalue weighted by Crippen LogP contribution is 2.53. The van der Waals surface area contributed by atoms with E-state index in [-0.39, 0.29) is 13.2 Å². The molecule has 2 N–H and O–H groups in total. The molecule has 0 aromatic heterocycles. The van der Waals surface area contributed by atoms with E-state index in [1.54, 1.807) is 20.8 Å². The fourth-order valence-electron chi connectivity index (χ4n) is 3.31. The summed E-state index contributed by atoms with van der Waals surface area (Å²) >= 11 is 0. The Balaban J connectivity index is 1.84. The second kappa shape index (κ2) is 5.64. The molecular weight excluding hydrogens is 330 g/mol. The lowest BCUT2D eigenvalue weighted by molar-refractivity contribution is -0.334. The number of esters is 1. The molecule has 0 aromatic rings. The Morgan fingerprint density at radius 1 is 1.35 bits per heavy atom. The molecule has 1 aliphatic carbocycles. The summed E-state index contributed by atoms with van der Waals surface area (Å²) < 4.78 is 50.0. The van der Waals surface area contributed by atoms with Crippen LogP contribution in [0, 0.1) is 11.8 Å². The molecule has 2 saturated heterocycles. The number of hydrogen-bond acceptors (Lipinski definition) is 8. The Kier molecular flexibility index (Phi) is 4.18. The average molecular weight is 351 g/mol. The summed E-state index contributed by atoms with van der Waals surface area (Å²) in [4.78, 5) is 12.0. The van der Waals surface area contributed by atoms with Crippen LogP contribution in [0.25, 0.3) is 0 Å². The third-order valence-corrected chi connectivity index (χ3v) is 4.72. The van der Waals surface area contributed by atoms with Crippen LogP contribution < -0.4 is 5.14 Å². The zero-order valence-electron chi connectivity index (χ0n) is 13.1. The zero-order valence-corrected chi connectivity index (χ0v) is 13.9. The van der Waals surface area contributed by atoms with E-state index in [2.05, 4.69) is 0 Å². The molecule has 3 aliphatic rings. The van der Waals surface area contributed by atoms with Gasteiger partial charge in [-0.25, -0.2) is 5.14 Å². The van der Waals surface area contributed by atoms with E-state index < -0.39 is 58.3 Å². The van der Waals surface area contributed by atoms with Crippen molar-refractivity contribution in [3.05, 3.63) is 0 Å². The van der Waals surface area contributed by atoms with Gasteiger partial charge in [0.25, 0.3) is 0 Å². The van der Waals surface area contributed by atoms with Gasteiger partial charge in [0, 0.05) is 5.92 Å². The maximum atomic E-state index is 12.0. The van der Waals surface area contributed by atoms with Crippen LogP contribution in [-0.4, -0.2) is 57.8 Å². The van der Waals surface area contributed by atoms with E-state index >= 15 is 0 Å². The Bertz CT molecular complexity index is 591. The highest BCUT2D eigenvalue weighted by atomic mass is 32.2. The minimum Gasteiger partial charge on any atom is -0.466 e. The van der Waals surface area contributed by atoms with Crippen molar-refractivity contribution in [2.24, 2.45) is 17.0 Å². The maximum Gasteiger partial charge on any atom is 0.333 e. The quantitative estimate of drug-likeness (QED) is 0.660. The van der Waals surface area contributed by atoms with E-state index in [1.807, 2.05) is 0 Å². The molecule has 0 amide bonds. The van der Waals surface area contributed by atoms with Crippen LogP contribution in [0.5, 0.6) is 0 Å². The summed E-state index contributed by atoms with van der Waals surface area (Å²) in [6, 6.07) is 0. The van der Waals surface area contributed by atoms with Crippen LogP contribution in [0.2, 0.25) is 0 Å². The molecule has 10 heteroatoms. The van der Waals surface area contributed by atoms with Crippen LogP contribution in [0.4, 0.5) is 0 Å². The number of carbonyl (C=O) groups is 1. The molecule has 6 atom stereocenters. The lowest BCUT2D eigenvalue weighted by Crippen LogP contribution is -2.58. The predicted molar refractivity (Wildman–Crippen MR) is 75.2 cm³/mol. The van der Waals surface area contributed by atoms with Crippen molar-refractivity contribution in [2.45, 2.75) is 51.0 Å². The number of carbonyl (C=O) groups excluding carboxylic acids is 1. The summed E-state index contributed by atoms with van der Waals surface area (Å²) in [6.07, 6.45) is -2.62. The van der Waals surface area contributed by atoms with Gasteiger partial charge >= 0.3 is 16.3 Å². The van der Waals surface area contributed by atoms with Crippen LogP contribution in [0.3, 0.4) is 0 Å². The molecular formula is C13H21NO8S. The highest BCUT2D eigenvalue weighted by Gasteiger charge is 2.69. The van der Waals surface area contributed by atoms with Gasteiger partial charge in [-0.15, -0.1) is 0 Å². The summed E-state index contributed by atoms with van der Waals surface area (Å²) in [5, 5.41) is 5.02. The largest absolute Gasteiger partial charge is 0.466 e. The first-order valence-electron chi connectivity index (χ1n) is 7.48. The number of ether oxygens (including phenoxy) is 4. The van der Waals surface area contributed by atoms with Gasteiger partial charge in [0.05, 0.1) is 25.2 Å². The van der Waals surface area contributed by atoms with Gasteiger partial charge in [0.2, 0.25) is 0 Å². The molecule has 3 fully saturated rings. The van der Waals surface area contributed by atoms with E-state index in [0.717, 1.165) is 0 Å². The Hall–Kier alpha value is -0.780. The standard InChI is InChI=1S/C13H21NO8S/c1-4-18-12(15)8-7-10(8)20-6-5-19-13(2,3)21-9(6)11(7)22-23(14,16)17/h6-11H,4-5H2,1-3H3,(H2,14,16,17)/t6-,7?,8?,9-,10?,11-/m1/s1. The third-order valence-electron chi connectivity index (χ3n) is 4.23. The molecule has 1 saturated carbocycles. The topological polar surface area (TPSA) is 123 Å². The van der Waals surface area contributed by atoms with E-state index in [9.17, 15) is 13.2 Å². The maximum absolute atomic E-state index is 12.0. The molecule has 23 heavy (non-hydrogen) atoms. The summed E-state index contributed by atoms with van der Waals surface area (Å²) in [5.74, 6) is -2.41. The molecule has 0 bridgehead atoms. The Morgan fingerprint density at radius 3 is 2.65 bits per heavy atom. The van der Waals surface area contributed by atoms with Gasteiger partial charge in [-0.3, -0.25) is 8.98 Å². The zero-order chi connectivity index (χ0) is 17.0. The molecule has 3 unspecified atom stereocenters. The van der Waals surface area contributed by atoms with Crippen molar-refractivity contribution in [1.29, 1.82) is 0 Å². The lowest BCUT2D eigenvalue weighted by Gasteiger charge is -2.45. The van der Waals surface area contributed by atoms with Crippen LogP contribution in [0.15, 0.2) is 0 Å². The monoisotopic (exact) mass is 351 g/mol. The van der Waals surface area contributed by atoms with E-state index in [0.29, 0.717) is 0 Å². The first kappa shape index (κ1) is 17.1. The van der Waals surface area contributed by atoms with E-state index in [1.165, 1.54) is 0 Å². The first-order chi connectivity index (χ1) is 10.6. The van der Waals surface area contributed by atoms with Crippen LogP contribution >= 0.6 is 0 Å². The predicted octanol–water partition coefficient (Wildman–Crippen LogP) is -0.697. The van der Waals surface area contributed by atoms with Crippen molar-refractivity contribution in [1.82, 2.24) is 0 Å². The summed E-state index contributed by atoms with van der Waals surface area (Å²) in [5.41, 5.74) is 0. The number of hydrogen-bond donors (Lipinski definition) is 1. The average Bonchev–Trinajstić information content (AvgIpc) is 3.12. The SMILES string of the molecule is CCOC(=O)C1C2O[C@@H]3COC(C)(C)O[C@H]3[C@H](OS(N)(=O)=O)C21. The van der Waals surface area contributed by atoms with Gasteiger partial charge in [-0.2, -0.15) is 8.42 Å². The number of nitrogens with two attached hydrogens (primary N) is 1. The van der Waals surface area contributed by atoms with E-state index in [4.69, 9.17) is 28.3 Å². The highest BCUT2D eigenvalue weighted by molar-refractivity contribution is 7.84. The summed E-state index contributed by atoms with van der Waals surface area (Å²) in [6.45, 7) is 5.55. The third kappa shape index (κ3) is 3.37. The second-order valence-corrected chi connectivity index (χ2v) is 7.52. The molecule has 0 aromatic carbocycles. The van der Waals surface area contributed by atoms with Gasteiger partial charge in [0.1, 0.15) is 18.3 Å². The number of rotatable bonds is 4. The van der Waals surface area contributed by atoms with Gasteiger partial charge < -0.3 is 18.9 Å². The molecule has 2 heterocycles. The lowest BCUT2D eigenvalue weighted by atomic mass is 9.99. The minimum atomic E-state index is -4.21. The fraction of sp³-hybridized carbons (Fsp3) is 0.923. The van der Waals surface area contributed by atoms with Crippen molar-refractivity contribution in [2.75, 3.05) is 13.2 Å². The van der Waals surface area contributed by atoms with Crippen LogP contribution in [-0.2, 0) is 38.2 Å². The number of fused-ring (bicyclic) bond motifs is 2. The Labute approximate surface area is 134 Å². The van der Waals surface area contributed by atoms with Gasteiger partial charge in [-0.1, -0.05) is 0 Å².